The molecule has 1 N–H and O–H groups in total. The summed E-state index contributed by atoms with van der Waals surface area (Å²) in [4.78, 5) is 18.4. The number of nitrogens with one attached hydrogen (secondary N) is 1. The lowest BCUT2D eigenvalue weighted by Crippen LogP contribution is -2.37. The normalized spacial score (nSPS) is 14.1. The van der Waals surface area contributed by atoms with Gasteiger partial charge in [0.2, 0.25) is 5.91 Å². The van der Waals surface area contributed by atoms with Gasteiger partial charge < -0.3 is 14.5 Å². The number of carbonyl (C=O) groups is 1. The zero-order chi connectivity index (χ0) is 17.7. The van der Waals surface area contributed by atoms with Crippen LogP contribution in [-0.2, 0) is 24.3 Å². The van der Waals surface area contributed by atoms with Crippen molar-refractivity contribution in [1.29, 1.82) is 0 Å². The van der Waals surface area contributed by atoms with E-state index in [0.717, 1.165) is 28.5 Å². The average Bonchev–Trinajstić information content (AvgIpc) is 3.24. The first kappa shape index (κ1) is 15.7. The Labute approximate surface area is 159 Å². The van der Waals surface area contributed by atoms with Crippen molar-refractivity contribution in [2.75, 3.05) is 6.54 Å². The summed E-state index contributed by atoms with van der Waals surface area (Å²) in [6, 6.07) is 16.5. The van der Waals surface area contributed by atoms with Crippen LogP contribution in [0.3, 0.4) is 0 Å². The number of halogens is 1. The lowest BCUT2D eigenvalue weighted by atomic mass is 10.0. The SMILES string of the molecule is O=C(Cn1ccc2ccccc21)N1CCc2[nH]c3c(Br)cccc3c2C1. The summed E-state index contributed by atoms with van der Waals surface area (Å²) in [5, 5.41) is 2.38. The Balaban J connectivity index is 1.43. The highest BCUT2D eigenvalue weighted by atomic mass is 79.9. The Kier molecular flexibility index (Phi) is 3.64. The molecular formula is C21H18BrN3O. The molecule has 26 heavy (non-hydrogen) atoms. The number of hydrogen-bond acceptors (Lipinski definition) is 1. The van der Waals surface area contributed by atoms with Crippen LogP contribution in [-0.4, -0.2) is 26.9 Å². The lowest BCUT2D eigenvalue weighted by Gasteiger charge is -2.27. The van der Waals surface area contributed by atoms with Gasteiger partial charge in [-0.3, -0.25) is 4.79 Å². The Hall–Kier alpha value is -2.53. The van der Waals surface area contributed by atoms with Gasteiger partial charge in [0.25, 0.3) is 0 Å². The zero-order valence-electron chi connectivity index (χ0n) is 14.2. The largest absolute Gasteiger partial charge is 0.357 e. The third kappa shape index (κ3) is 2.46. The lowest BCUT2D eigenvalue weighted by molar-refractivity contribution is -0.132. The molecule has 2 aromatic carbocycles. The van der Waals surface area contributed by atoms with Crippen LogP contribution in [0, 0.1) is 0 Å². The second-order valence-corrected chi connectivity index (χ2v) is 7.67. The van der Waals surface area contributed by atoms with Gasteiger partial charge in [-0.25, -0.2) is 0 Å². The van der Waals surface area contributed by atoms with Gasteiger partial charge in [0.15, 0.2) is 0 Å². The molecule has 4 nitrogen and oxygen atoms in total. The molecular weight excluding hydrogens is 390 g/mol. The summed E-state index contributed by atoms with van der Waals surface area (Å²) in [6.45, 7) is 1.81. The van der Waals surface area contributed by atoms with E-state index >= 15 is 0 Å². The van der Waals surface area contributed by atoms with Gasteiger partial charge in [0.1, 0.15) is 6.54 Å². The summed E-state index contributed by atoms with van der Waals surface area (Å²) < 4.78 is 3.11. The molecule has 0 saturated heterocycles. The van der Waals surface area contributed by atoms with Gasteiger partial charge in [-0.2, -0.15) is 0 Å². The second-order valence-electron chi connectivity index (χ2n) is 6.81. The number of aromatic amines is 1. The summed E-state index contributed by atoms with van der Waals surface area (Å²) >= 11 is 3.61. The molecule has 130 valence electrons. The van der Waals surface area contributed by atoms with E-state index in [1.165, 1.54) is 22.0 Å². The summed E-state index contributed by atoms with van der Waals surface area (Å²) in [5.41, 5.74) is 4.73. The summed E-state index contributed by atoms with van der Waals surface area (Å²) in [7, 11) is 0. The van der Waals surface area contributed by atoms with Crippen LogP contribution >= 0.6 is 15.9 Å². The predicted molar refractivity (Wildman–Crippen MR) is 107 cm³/mol. The minimum atomic E-state index is 0.168. The van der Waals surface area contributed by atoms with Gasteiger partial charge in [-0.1, -0.05) is 30.3 Å². The topological polar surface area (TPSA) is 41.0 Å². The summed E-state index contributed by atoms with van der Waals surface area (Å²) in [6.07, 6.45) is 2.87. The van der Waals surface area contributed by atoms with Crippen LogP contribution in [0.1, 0.15) is 11.3 Å². The maximum atomic E-state index is 12.9. The molecule has 0 fully saturated rings. The maximum absolute atomic E-state index is 12.9. The van der Waals surface area contributed by atoms with Crippen molar-refractivity contribution >= 4 is 43.6 Å². The number of para-hydroxylation sites is 2. The van der Waals surface area contributed by atoms with Gasteiger partial charge in [0, 0.05) is 52.3 Å². The van der Waals surface area contributed by atoms with Crippen LogP contribution in [0.4, 0.5) is 0 Å². The van der Waals surface area contributed by atoms with Crippen LogP contribution in [0.25, 0.3) is 21.8 Å². The van der Waals surface area contributed by atoms with Crippen LogP contribution in [0.15, 0.2) is 59.2 Å². The fourth-order valence-electron chi connectivity index (χ4n) is 3.94. The minimum Gasteiger partial charge on any atom is -0.357 e. The molecule has 5 rings (SSSR count). The molecule has 0 aliphatic carbocycles. The van der Waals surface area contributed by atoms with Crippen molar-refractivity contribution in [3.63, 3.8) is 0 Å². The van der Waals surface area contributed by atoms with Crippen LogP contribution in [0.5, 0.6) is 0 Å². The number of aromatic nitrogens is 2. The number of amides is 1. The molecule has 0 saturated carbocycles. The molecule has 0 bridgehead atoms. The van der Waals surface area contributed by atoms with E-state index < -0.39 is 0 Å². The molecule has 5 heteroatoms. The van der Waals surface area contributed by atoms with E-state index in [-0.39, 0.29) is 5.91 Å². The number of rotatable bonds is 2. The quantitative estimate of drug-likeness (QED) is 0.523. The van der Waals surface area contributed by atoms with Crippen molar-refractivity contribution in [3.8, 4) is 0 Å². The highest BCUT2D eigenvalue weighted by molar-refractivity contribution is 9.10. The molecule has 0 radical (unpaired) electrons. The Morgan fingerprint density at radius 3 is 2.92 bits per heavy atom. The van der Waals surface area contributed by atoms with E-state index in [4.69, 9.17) is 0 Å². The van der Waals surface area contributed by atoms with Crippen LogP contribution in [0.2, 0.25) is 0 Å². The Bertz CT molecular complexity index is 1140. The van der Waals surface area contributed by atoms with Crippen molar-refractivity contribution in [1.82, 2.24) is 14.5 Å². The van der Waals surface area contributed by atoms with Gasteiger partial charge in [-0.15, -0.1) is 0 Å². The predicted octanol–water partition coefficient (Wildman–Crippen LogP) is 4.47. The molecule has 3 heterocycles. The van der Waals surface area contributed by atoms with Gasteiger partial charge in [-0.05, 0) is 39.5 Å². The fourth-order valence-corrected chi connectivity index (χ4v) is 4.40. The maximum Gasteiger partial charge on any atom is 0.242 e. The number of H-pyrrole nitrogens is 1. The number of fused-ring (bicyclic) bond motifs is 4. The molecule has 0 unspecified atom stereocenters. The average molecular weight is 408 g/mol. The smallest absolute Gasteiger partial charge is 0.242 e. The highest BCUT2D eigenvalue weighted by Gasteiger charge is 2.24. The van der Waals surface area contributed by atoms with Crippen molar-refractivity contribution < 1.29 is 4.79 Å². The van der Waals surface area contributed by atoms with E-state index in [1.807, 2.05) is 39.9 Å². The highest BCUT2D eigenvalue weighted by Crippen LogP contribution is 2.32. The van der Waals surface area contributed by atoms with Crippen molar-refractivity contribution in [3.05, 3.63) is 70.5 Å². The Morgan fingerprint density at radius 2 is 2.00 bits per heavy atom. The van der Waals surface area contributed by atoms with Gasteiger partial charge >= 0.3 is 0 Å². The molecule has 1 aliphatic heterocycles. The number of benzene rings is 2. The summed E-state index contributed by atoms with van der Waals surface area (Å²) in [5.74, 6) is 0.168. The monoisotopic (exact) mass is 407 g/mol. The third-order valence-electron chi connectivity index (χ3n) is 5.30. The molecule has 4 aromatic rings. The molecule has 2 aromatic heterocycles. The van der Waals surface area contributed by atoms with E-state index in [9.17, 15) is 4.79 Å². The third-order valence-corrected chi connectivity index (χ3v) is 5.96. The molecule has 1 amide bonds. The number of nitrogens with zero attached hydrogens (tertiary/aromatic N) is 2. The molecule has 0 atom stereocenters. The number of hydrogen-bond donors (Lipinski definition) is 1. The molecule has 1 aliphatic rings. The Morgan fingerprint density at radius 1 is 1.12 bits per heavy atom. The van der Waals surface area contributed by atoms with E-state index in [1.54, 1.807) is 0 Å². The first-order chi connectivity index (χ1) is 12.7. The first-order valence-electron chi connectivity index (χ1n) is 8.80. The zero-order valence-corrected chi connectivity index (χ0v) is 15.8. The standard InChI is InChI=1S/C21H18BrN3O/c22-17-6-3-5-15-16-12-25(11-9-18(16)23-21(15)17)20(26)13-24-10-8-14-4-1-2-7-19(14)24/h1-8,10,23H,9,11-13H2. The van der Waals surface area contributed by atoms with E-state index in [2.05, 4.69) is 45.2 Å². The minimum absolute atomic E-state index is 0.168. The number of carbonyl (C=O) groups excluding carboxylic acids is 1. The molecule has 0 spiro atoms. The van der Waals surface area contributed by atoms with Crippen molar-refractivity contribution in [2.24, 2.45) is 0 Å². The van der Waals surface area contributed by atoms with Crippen molar-refractivity contribution in [2.45, 2.75) is 19.5 Å². The first-order valence-corrected chi connectivity index (χ1v) is 9.59. The second kappa shape index (κ2) is 6.02. The van der Waals surface area contributed by atoms with Crippen LogP contribution < -0.4 is 0 Å². The van der Waals surface area contributed by atoms with E-state index in [0.29, 0.717) is 13.1 Å². The fraction of sp³-hybridized carbons (Fsp3) is 0.190. The van der Waals surface area contributed by atoms with Gasteiger partial charge in [0.05, 0.1) is 5.52 Å².